The van der Waals surface area contributed by atoms with Gasteiger partial charge in [-0.3, -0.25) is 4.79 Å². The summed E-state index contributed by atoms with van der Waals surface area (Å²) in [5.74, 6) is 0.227. The minimum atomic E-state index is -0.289. The number of hydrogen-bond acceptors (Lipinski definition) is 2. The molecule has 0 atom stereocenters. The van der Waals surface area contributed by atoms with Crippen molar-refractivity contribution in [2.24, 2.45) is 0 Å². The van der Waals surface area contributed by atoms with Crippen LogP contribution in [-0.2, 0) is 6.54 Å². The van der Waals surface area contributed by atoms with Crippen LogP contribution in [0, 0.1) is 5.82 Å². The van der Waals surface area contributed by atoms with Gasteiger partial charge in [-0.15, -0.1) is 0 Å². The van der Waals surface area contributed by atoms with Crippen molar-refractivity contribution in [2.45, 2.75) is 13.0 Å². The molecule has 0 saturated carbocycles. The van der Waals surface area contributed by atoms with Crippen LogP contribution in [0.3, 0.4) is 0 Å². The molecule has 1 amide bonds. The SMILES string of the molecule is O=C(NCCCOc1ccc(F)cc1)c1cccn1Cc1ccccc1. The summed E-state index contributed by atoms with van der Waals surface area (Å²) < 4.78 is 20.3. The van der Waals surface area contributed by atoms with E-state index >= 15 is 0 Å². The van der Waals surface area contributed by atoms with Crippen LogP contribution < -0.4 is 10.1 Å². The highest BCUT2D eigenvalue weighted by Crippen LogP contribution is 2.11. The zero-order valence-electron chi connectivity index (χ0n) is 14.4. The lowest BCUT2D eigenvalue weighted by Gasteiger charge is -2.10. The minimum Gasteiger partial charge on any atom is -0.494 e. The highest BCUT2D eigenvalue weighted by atomic mass is 19.1. The number of amides is 1. The molecule has 0 fully saturated rings. The fourth-order valence-electron chi connectivity index (χ4n) is 2.62. The van der Waals surface area contributed by atoms with E-state index in [2.05, 4.69) is 5.32 Å². The van der Waals surface area contributed by atoms with Crippen molar-refractivity contribution in [3.8, 4) is 5.75 Å². The Hall–Kier alpha value is -3.08. The van der Waals surface area contributed by atoms with Gasteiger partial charge in [0.1, 0.15) is 17.3 Å². The smallest absolute Gasteiger partial charge is 0.267 e. The zero-order chi connectivity index (χ0) is 18.2. The molecule has 2 aromatic carbocycles. The molecule has 0 unspecified atom stereocenters. The molecule has 0 aliphatic rings. The van der Waals surface area contributed by atoms with E-state index in [0.29, 0.717) is 37.6 Å². The fraction of sp³-hybridized carbons (Fsp3) is 0.190. The van der Waals surface area contributed by atoms with E-state index in [-0.39, 0.29) is 11.7 Å². The second kappa shape index (κ2) is 8.85. The molecular formula is C21H21FN2O2. The Bertz CT molecular complexity index is 829. The number of benzene rings is 2. The van der Waals surface area contributed by atoms with E-state index in [1.54, 1.807) is 12.1 Å². The minimum absolute atomic E-state index is 0.104. The van der Waals surface area contributed by atoms with E-state index < -0.39 is 0 Å². The van der Waals surface area contributed by atoms with Gasteiger partial charge in [-0.2, -0.15) is 0 Å². The maximum atomic E-state index is 12.8. The molecule has 134 valence electrons. The van der Waals surface area contributed by atoms with Crippen LogP contribution in [0.2, 0.25) is 0 Å². The van der Waals surface area contributed by atoms with Crippen LogP contribution in [0.1, 0.15) is 22.5 Å². The molecule has 4 nitrogen and oxygen atoms in total. The average Bonchev–Trinajstić information content (AvgIpc) is 3.12. The molecule has 1 heterocycles. The van der Waals surface area contributed by atoms with E-state index in [1.807, 2.05) is 53.2 Å². The Balaban J connectivity index is 1.44. The first-order valence-corrected chi connectivity index (χ1v) is 8.58. The molecule has 0 radical (unpaired) electrons. The first kappa shape index (κ1) is 17.7. The van der Waals surface area contributed by atoms with Crippen molar-refractivity contribution in [3.63, 3.8) is 0 Å². The topological polar surface area (TPSA) is 43.3 Å². The quantitative estimate of drug-likeness (QED) is 0.625. The second-order valence-electron chi connectivity index (χ2n) is 5.92. The number of nitrogens with zero attached hydrogens (tertiary/aromatic N) is 1. The van der Waals surface area contributed by atoms with Crippen LogP contribution in [0.25, 0.3) is 0 Å². The summed E-state index contributed by atoms with van der Waals surface area (Å²) in [4.78, 5) is 12.4. The second-order valence-corrected chi connectivity index (χ2v) is 5.92. The summed E-state index contributed by atoms with van der Waals surface area (Å²) in [5, 5.41) is 2.91. The zero-order valence-corrected chi connectivity index (χ0v) is 14.4. The summed E-state index contributed by atoms with van der Waals surface area (Å²) in [6.07, 6.45) is 2.57. The van der Waals surface area contributed by atoms with Crippen molar-refractivity contribution in [3.05, 3.63) is 90.0 Å². The number of nitrogens with one attached hydrogen (secondary N) is 1. The molecule has 3 rings (SSSR count). The van der Waals surface area contributed by atoms with Crippen molar-refractivity contribution in [1.29, 1.82) is 0 Å². The van der Waals surface area contributed by atoms with Gasteiger partial charge in [0.2, 0.25) is 0 Å². The molecule has 1 aromatic heterocycles. The monoisotopic (exact) mass is 352 g/mol. The van der Waals surface area contributed by atoms with Gasteiger partial charge in [0.15, 0.2) is 0 Å². The molecule has 0 aliphatic carbocycles. The Morgan fingerprint density at radius 3 is 2.54 bits per heavy atom. The van der Waals surface area contributed by atoms with Gasteiger partial charge in [0.05, 0.1) is 6.61 Å². The number of aromatic nitrogens is 1. The standard InChI is InChI=1S/C21H21FN2O2/c22-18-9-11-19(12-10-18)26-15-5-13-23-21(25)20-8-4-14-24(20)16-17-6-2-1-3-7-17/h1-4,6-12,14H,5,13,15-16H2,(H,23,25). The van der Waals surface area contributed by atoms with Gasteiger partial charge in [-0.1, -0.05) is 30.3 Å². The molecule has 0 spiro atoms. The first-order valence-electron chi connectivity index (χ1n) is 8.58. The lowest BCUT2D eigenvalue weighted by atomic mass is 10.2. The third-order valence-corrected chi connectivity index (χ3v) is 3.95. The number of halogens is 1. The van der Waals surface area contributed by atoms with Crippen molar-refractivity contribution in [1.82, 2.24) is 9.88 Å². The number of ether oxygens (including phenoxy) is 1. The third-order valence-electron chi connectivity index (χ3n) is 3.95. The molecule has 0 bridgehead atoms. The maximum absolute atomic E-state index is 12.8. The number of carbonyl (C=O) groups excluding carboxylic acids is 1. The van der Waals surface area contributed by atoms with Gasteiger partial charge in [0.25, 0.3) is 5.91 Å². The number of hydrogen-bond donors (Lipinski definition) is 1. The molecule has 1 N–H and O–H groups in total. The molecule has 0 saturated heterocycles. The Morgan fingerprint density at radius 1 is 1.00 bits per heavy atom. The fourth-order valence-corrected chi connectivity index (χ4v) is 2.62. The van der Waals surface area contributed by atoms with Gasteiger partial charge >= 0.3 is 0 Å². The van der Waals surface area contributed by atoms with Crippen molar-refractivity contribution >= 4 is 5.91 Å². The van der Waals surface area contributed by atoms with Crippen LogP contribution >= 0.6 is 0 Å². The van der Waals surface area contributed by atoms with Crippen molar-refractivity contribution < 1.29 is 13.9 Å². The molecule has 26 heavy (non-hydrogen) atoms. The third kappa shape index (κ3) is 4.96. The lowest BCUT2D eigenvalue weighted by molar-refractivity contribution is 0.0942. The number of carbonyl (C=O) groups is 1. The van der Waals surface area contributed by atoms with Gasteiger partial charge < -0.3 is 14.6 Å². The first-order chi connectivity index (χ1) is 12.7. The number of rotatable bonds is 8. The average molecular weight is 352 g/mol. The van der Waals surface area contributed by atoms with Gasteiger partial charge in [-0.05, 0) is 48.4 Å². The summed E-state index contributed by atoms with van der Waals surface area (Å²) in [7, 11) is 0. The molecule has 5 heteroatoms. The van der Waals surface area contributed by atoms with E-state index in [9.17, 15) is 9.18 Å². The Labute approximate surface area is 152 Å². The van der Waals surface area contributed by atoms with Crippen LogP contribution in [-0.4, -0.2) is 23.6 Å². The summed E-state index contributed by atoms with van der Waals surface area (Å²) >= 11 is 0. The van der Waals surface area contributed by atoms with E-state index in [1.165, 1.54) is 12.1 Å². The Kier molecular flexibility index (Phi) is 6.04. The van der Waals surface area contributed by atoms with Crippen molar-refractivity contribution in [2.75, 3.05) is 13.2 Å². The van der Waals surface area contributed by atoms with Crippen LogP contribution in [0.5, 0.6) is 5.75 Å². The maximum Gasteiger partial charge on any atom is 0.267 e. The van der Waals surface area contributed by atoms with E-state index in [4.69, 9.17) is 4.74 Å². The molecular weight excluding hydrogens is 331 g/mol. The Morgan fingerprint density at radius 2 is 1.77 bits per heavy atom. The van der Waals surface area contributed by atoms with Crippen LogP contribution in [0.4, 0.5) is 4.39 Å². The predicted octanol–water partition coefficient (Wildman–Crippen LogP) is 3.87. The highest BCUT2D eigenvalue weighted by Gasteiger charge is 2.10. The summed E-state index contributed by atoms with van der Waals surface area (Å²) in [6, 6.07) is 19.6. The van der Waals surface area contributed by atoms with Gasteiger partial charge in [-0.25, -0.2) is 4.39 Å². The predicted molar refractivity (Wildman–Crippen MR) is 98.8 cm³/mol. The largest absolute Gasteiger partial charge is 0.494 e. The van der Waals surface area contributed by atoms with E-state index in [0.717, 1.165) is 5.56 Å². The molecule has 0 aliphatic heterocycles. The molecule has 3 aromatic rings. The summed E-state index contributed by atoms with van der Waals surface area (Å²) in [5.41, 5.74) is 1.78. The lowest BCUT2D eigenvalue weighted by Crippen LogP contribution is -2.27. The highest BCUT2D eigenvalue weighted by molar-refractivity contribution is 5.92. The van der Waals surface area contributed by atoms with Crippen LogP contribution in [0.15, 0.2) is 72.9 Å². The summed E-state index contributed by atoms with van der Waals surface area (Å²) in [6.45, 7) is 1.62. The van der Waals surface area contributed by atoms with Gasteiger partial charge in [0, 0.05) is 19.3 Å². The normalized spacial score (nSPS) is 10.5.